The van der Waals surface area contributed by atoms with Crippen LogP contribution >= 0.6 is 0 Å². The van der Waals surface area contributed by atoms with Gasteiger partial charge in [-0.3, -0.25) is 9.78 Å². The summed E-state index contributed by atoms with van der Waals surface area (Å²) in [4.78, 5) is 23.8. The van der Waals surface area contributed by atoms with Gasteiger partial charge in [0, 0.05) is 30.9 Å². The lowest BCUT2D eigenvalue weighted by Crippen LogP contribution is -2.43. The van der Waals surface area contributed by atoms with Crippen molar-refractivity contribution in [3.05, 3.63) is 66.6 Å². The molecule has 4 rings (SSSR count). The van der Waals surface area contributed by atoms with E-state index in [0.29, 0.717) is 17.1 Å². The zero-order valence-electron chi connectivity index (χ0n) is 16.1. The van der Waals surface area contributed by atoms with Crippen molar-refractivity contribution in [2.75, 3.05) is 29.0 Å². The number of piperidine rings is 1. The molecule has 0 aliphatic carbocycles. The fourth-order valence-corrected chi connectivity index (χ4v) is 3.59. The number of amides is 1. The monoisotopic (exact) mass is 388 g/mol. The minimum atomic E-state index is -0.365. The number of carbonyl (C=O) groups is 1. The molecule has 1 aliphatic heterocycles. The van der Waals surface area contributed by atoms with E-state index in [1.54, 1.807) is 18.5 Å². The molecule has 3 heterocycles. The van der Waals surface area contributed by atoms with Crippen LogP contribution in [-0.2, 0) is 0 Å². The third-order valence-corrected chi connectivity index (χ3v) is 5.06. The molecule has 7 nitrogen and oxygen atoms in total. The molecule has 0 unspecified atom stereocenters. The molecule has 1 saturated heterocycles. The summed E-state index contributed by atoms with van der Waals surface area (Å²) < 4.78 is 0. The molecule has 2 aromatic heterocycles. The lowest BCUT2D eigenvalue weighted by Gasteiger charge is -2.33. The van der Waals surface area contributed by atoms with Gasteiger partial charge < -0.3 is 21.7 Å². The van der Waals surface area contributed by atoms with Crippen molar-refractivity contribution in [2.24, 2.45) is 5.73 Å². The molecule has 3 aromatic rings. The number of aromatic nitrogens is 2. The highest BCUT2D eigenvalue weighted by Crippen LogP contribution is 2.28. The normalized spacial score (nSPS) is 16.4. The van der Waals surface area contributed by atoms with Crippen LogP contribution < -0.4 is 21.7 Å². The average molecular weight is 388 g/mol. The van der Waals surface area contributed by atoms with Crippen LogP contribution in [0.2, 0.25) is 0 Å². The second kappa shape index (κ2) is 8.28. The van der Waals surface area contributed by atoms with Gasteiger partial charge >= 0.3 is 0 Å². The standard InChI is InChI=1S/C22H24N6O/c23-16-7-4-12-28(14-16)20-10-11-25-13-19(20)27-22(29)21-17(24)8-9-18(26-21)15-5-2-1-3-6-15/h1-3,5-6,8-11,13,16H,4,7,12,14,23-24H2,(H,27,29)/t16-/m0/s1. The zero-order valence-corrected chi connectivity index (χ0v) is 16.1. The Kier molecular flexibility index (Phi) is 5.39. The van der Waals surface area contributed by atoms with Crippen LogP contribution in [0.4, 0.5) is 17.1 Å². The zero-order chi connectivity index (χ0) is 20.2. The molecule has 7 heteroatoms. The SMILES string of the molecule is Nc1ccc(-c2ccccc2)nc1C(=O)Nc1cnccc1N1CCC[C@H](N)C1. The second-order valence-corrected chi connectivity index (χ2v) is 7.20. The maximum absolute atomic E-state index is 13.0. The summed E-state index contributed by atoms with van der Waals surface area (Å²) in [7, 11) is 0. The van der Waals surface area contributed by atoms with E-state index < -0.39 is 0 Å². The molecular formula is C22H24N6O. The minimum absolute atomic E-state index is 0.125. The van der Waals surface area contributed by atoms with Gasteiger partial charge in [0.1, 0.15) is 0 Å². The number of carbonyl (C=O) groups excluding carboxylic acids is 1. The first-order valence-electron chi connectivity index (χ1n) is 9.69. The lowest BCUT2D eigenvalue weighted by atomic mass is 10.1. The molecule has 5 N–H and O–H groups in total. The number of nitrogen functional groups attached to an aromatic ring is 1. The van der Waals surface area contributed by atoms with Crippen molar-refractivity contribution in [2.45, 2.75) is 18.9 Å². The smallest absolute Gasteiger partial charge is 0.276 e. The molecule has 148 valence electrons. The Hall–Kier alpha value is -3.45. The van der Waals surface area contributed by atoms with Crippen molar-refractivity contribution in [1.82, 2.24) is 9.97 Å². The molecule has 0 radical (unpaired) electrons. The molecule has 1 amide bonds. The van der Waals surface area contributed by atoms with E-state index in [1.807, 2.05) is 42.5 Å². The fourth-order valence-electron chi connectivity index (χ4n) is 3.59. The van der Waals surface area contributed by atoms with Crippen molar-refractivity contribution in [3.63, 3.8) is 0 Å². The Bertz CT molecular complexity index is 1010. The third-order valence-electron chi connectivity index (χ3n) is 5.06. The summed E-state index contributed by atoms with van der Waals surface area (Å²) in [5, 5.41) is 2.93. The highest BCUT2D eigenvalue weighted by molar-refractivity contribution is 6.07. The average Bonchev–Trinajstić information content (AvgIpc) is 2.75. The molecular weight excluding hydrogens is 364 g/mol. The van der Waals surface area contributed by atoms with Crippen LogP contribution in [-0.4, -0.2) is 35.0 Å². The van der Waals surface area contributed by atoms with Crippen molar-refractivity contribution < 1.29 is 4.79 Å². The fraction of sp³-hybridized carbons (Fsp3) is 0.227. The first kappa shape index (κ1) is 18.9. The number of nitrogens with two attached hydrogens (primary N) is 2. The summed E-state index contributed by atoms with van der Waals surface area (Å²) >= 11 is 0. The van der Waals surface area contributed by atoms with Gasteiger partial charge in [-0.1, -0.05) is 30.3 Å². The minimum Gasteiger partial charge on any atom is -0.397 e. The van der Waals surface area contributed by atoms with Crippen LogP contribution in [0.1, 0.15) is 23.3 Å². The van der Waals surface area contributed by atoms with Crippen LogP contribution in [0.3, 0.4) is 0 Å². The number of anilines is 3. The Morgan fingerprint density at radius 1 is 1.14 bits per heavy atom. The summed E-state index contributed by atoms with van der Waals surface area (Å²) in [6.45, 7) is 1.64. The van der Waals surface area contributed by atoms with E-state index in [1.165, 1.54) is 0 Å². The topological polar surface area (TPSA) is 110 Å². The molecule has 1 atom stereocenters. The molecule has 29 heavy (non-hydrogen) atoms. The highest BCUT2D eigenvalue weighted by atomic mass is 16.1. The van der Waals surface area contributed by atoms with Gasteiger partial charge in [0.2, 0.25) is 0 Å². The second-order valence-electron chi connectivity index (χ2n) is 7.20. The van der Waals surface area contributed by atoms with Crippen LogP contribution in [0.15, 0.2) is 60.9 Å². The number of nitrogens with one attached hydrogen (secondary N) is 1. The number of nitrogens with zero attached hydrogens (tertiary/aromatic N) is 3. The van der Waals surface area contributed by atoms with E-state index in [0.717, 1.165) is 37.2 Å². The number of hydrogen-bond acceptors (Lipinski definition) is 6. The van der Waals surface area contributed by atoms with Crippen LogP contribution in [0.5, 0.6) is 0 Å². The van der Waals surface area contributed by atoms with Crippen LogP contribution in [0.25, 0.3) is 11.3 Å². The quantitative estimate of drug-likeness (QED) is 0.634. The number of pyridine rings is 2. The summed E-state index contributed by atoms with van der Waals surface area (Å²) in [5.74, 6) is -0.365. The Morgan fingerprint density at radius 3 is 2.76 bits per heavy atom. The maximum atomic E-state index is 13.0. The Labute approximate surface area is 169 Å². The Balaban J connectivity index is 1.61. The first-order valence-corrected chi connectivity index (χ1v) is 9.69. The number of rotatable bonds is 4. The largest absolute Gasteiger partial charge is 0.397 e. The van der Waals surface area contributed by atoms with E-state index in [-0.39, 0.29) is 17.6 Å². The van der Waals surface area contributed by atoms with Gasteiger partial charge in [0.25, 0.3) is 5.91 Å². The summed E-state index contributed by atoms with van der Waals surface area (Å²) in [6, 6.07) is 15.2. The summed E-state index contributed by atoms with van der Waals surface area (Å²) in [5.41, 5.74) is 15.8. The van der Waals surface area contributed by atoms with Crippen molar-refractivity contribution >= 4 is 23.0 Å². The highest BCUT2D eigenvalue weighted by Gasteiger charge is 2.21. The van der Waals surface area contributed by atoms with E-state index >= 15 is 0 Å². The van der Waals surface area contributed by atoms with Crippen molar-refractivity contribution in [1.29, 1.82) is 0 Å². The van der Waals surface area contributed by atoms with E-state index in [4.69, 9.17) is 11.5 Å². The predicted octanol–water partition coefficient (Wildman–Crippen LogP) is 2.91. The van der Waals surface area contributed by atoms with Gasteiger partial charge in [0.15, 0.2) is 5.69 Å². The van der Waals surface area contributed by atoms with Gasteiger partial charge in [-0.2, -0.15) is 0 Å². The molecule has 1 aliphatic rings. The first-order chi connectivity index (χ1) is 14.1. The van der Waals surface area contributed by atoms with Crippen molar-refractivity contribution in [3.8, 4) is 11.3 Å². The molecule has 0 bridgehead atoms. The van der Waals surface area contributed by atoms with Crippen LogP contribution in [0, 0.1) is 0 Å². The Morgan fingerprint density at radius 2 is 1.97 bits per heavy atom. The molecule has 0 saturated carbocycles. The van der Waals surface area contributed by atoms with Gasteiger partial charge in [-0.25, -0.2) is 4.98 Å². The molecule has 0 spiro atoms. The van der Waals surface area contributed by atoms with Gasteiger partial charge in [-0.15, -0.1) is 0 Å². The molecule has 1 aromatic carbocycles. The number of hydrogen-bond donors (Lipinski definition) is 3. The summed E-state index contributed by atoms with van der Waals surface area (Å²) in [6.07, 6.45) is 5.39. The van der Waals surface area contributed by atoms with E-state index in [9.17, 15) is 4.79 Å². The predicted molar refractivity (Wildman–Crippen MR) is 116 cm³/mol. The third kappa shape index (κ3) is 4.20. The lowest BCUT2D eigenvalue weighted by molar-refractivity contribution is 0.102. The van der Waals surface area contributed by atoms with Gasteiger partial charge in [-0.05, 0) is 31.0 Å². The number of benzene rings is 1. The molecule has 1 fully saturated rings. The van der Waals surface area contributed by atoms with Gasteiger partial charge in [0.05, 0.1) is 29.0 Å². The maximum Gasteiger partial charge on any atom is 0.276 e. The van der Waals surface area contributed by atoms with E-state index in [2.05, 4.69) is 20.2 Å².